The minimum absolute atomic E-state index is 0.0106. The number of alkyl halides is 2. The van der Waals surface area contributed by atoms with E-state index < -0.39 is 17.6 Å². The molecule has 2 heterocycles. The summed E-state index contributed by atoms with van der Waals surface area (Å²) in [6.07, 6.45) is 1.19. The van der Waals surface area contributed by atoms with E-state index in [1.165, 1.54) is 30.5 Å². The Labute approximate surface area is 165 Å². The summed E-state index contributed by atoms with van der Waals surface area (Å²) in [5.74, 6) is -3.58. The molecule has 0 spiro atoms. The first-order valence-electron chi connectivity index (χ1n) is 9.14. The van der Waals surface area contributed by atoms with Gasteiger partial charge in [0, 0.05) is 23.9 Å². The van der Waals surface area contributed by atoms with Crippen LogP contribution in [0.5, 0.6) is 5.75 Å². The third-order valence-corrected chi connectivity index (χ3v) is 4.98. The van der Waals surface area contributed by atoms with Crippen molar-refractivity contribution >= 4 is 5.82 Å². The summed E-state index contributed by atoms with van der Waals surface area (Å²) in [4.78, 5) is 4.24. The summed E-state index contributed by atoms with van der Waals surface area (Å²) in [6, 6.07) is 10.1. The molecule has 4 rings (SSSR count). The van der Waals surface area contributed by atoms with Gasteiger partial charge in [-0.25, -0.2) is 22.5 Å². The van der Waals surface area contributed by atoms with Crippen LogP contribution in [-0.2, 0) is 12.5 Å². The molecule has 0 bridgehead atoms. The number of hydrogen-bond acceptors (Lipinski definition) is 3. The summed E-state index contributed by atoms with van der Waals surface area (Å²) in [6.45, 7) is 1.74. The number of anilines is 1. The minimum Gasteiger partial charge on any atom is -0.493 e. The summed E-state index contributed by atoms with van der Waals surface area (Å²) in [7, 11) is 0. The third-order valence-electron chi connectivity index (χ3n) is 4.98. The monoisotopic (exact) mass is 402 g/mol. The summed E-state index contributed by atoms with van der Waals surface area (Å²) < 4.78 is 61.3. The van der Waals surface area contributed by atoms with Crippen LogP contribution in [0.4, 0.5) is 23.4 Å². The van der Waals surface area contributed by atoms with E-state index >= 15 is 0 Å². The van der Waals surface area contributed by atoms with Crippen molar-refractivity contribution < 1.29 is 22.3 Å². The van der Waals surface area contributed by atoms with Crippen molar-refractivity contribution in [2.24, 2.45) is 0 Å². The van der Waals surface area contributed by atoms with Crippen LogP contribution in [0.3, 0.4) is 0 Å². The van der Waals surface area contributed by atoms with E-state index in [9.17, 15) is 17.6 Å². The summed E-state index contributed by atoms with van der Waals surface area (Å²) in [5, 5.41) is 2.87. The van der Waals surface area contributed by atoms with Gasteiger partial charge in [0.15, 0.2) is 0 Å². The Bertz CT molecular complexity index is 1030. The molecule has 0 atom stereocenters. The van der Waals surface area contributed by atoms with Crippen molar-refractivity contribution in [2.45, 2.75) is 25.8 Å². The van der Waals surface area contributed by atoms with Gasteiger partial charge < -0.3 is 10.1 Å². The Morgan fingerprint density at radius 2 is 1.86 bits per heavy atom. The molecule has 29 heavy (non-hydrogen) atoms. The molecule has 1 N–H and O–H groups in total. The average Bonchev–Trinajstić information content (AvgIpc) is 2.67. The molecule has 3 aromatic rings. The van der Waals surface area contributed by atoms with Crippen molar-refractivity contribution in [3.05, 3.63) is 77.0 Å². The van der Waals surface area contributed by atoms with Crippen molar-refractivity contribution in [1.29, 1.82) is 0 Å². The number of aromatic nitrogens is 1. The first-order chi connectivity index (χ1) is 13.8. The molecule has 150 valence electrons. The SMILES string of the molecule is Cc1cc2c(cc1-c1ccc(NCc3c(F)cccc3F)nc1)C(F)(F)CCO2. The lowest BCUT2D eigenvalue weighted by Gasteiger charge is -2.27. The largest absolute Gasteiger partial charge is 0.493 e. The van der Waals surface area contributed by atoms with Gasteiger partial charge in [-0.05, 0) is 54.4 Å². The zero-order chi connectivity index (χ0) is 20.6. The van der Waals surface area contributed by atoms with Gasteiger partial charge in [0.2, 0.25) is 0 Å². The van der Waals surface area contributed by atoms with Gasteiger partial charge in [0.1, 0.15) is 23.2 Å². The highest BCUT2D eigenvalue weighted by atomic mass is 19.3. The van der Waals surface area contributed by atoms with Crippen LogP contribution in [0.15, 0.2) is 48.7 Å². The van der Waals surface area contributed by atoms with Gasteiger partial charge in [-0.15, -0.1) is 0 Å². The van der Waals surface area contributed by atoms with Crippen LogP contribution in [0.2, 0.25) is 0 Å². The Balaban J connectivity index is 1.57. The number of ether oxygens (including phenoxy) is 1. The van der Waals surface area contributed by atoms with Gasteiger partial charge in [-0.2, -0.15) is 0 Å². The normalized spacial score (nSPS) is 14.8. The van der Waals surface area contributed by atoms with Crippen molar-refractivity contribution in [3.63, 3.8) is 0 Å². The predicted molar refractivity (Wildman–Crippen MR) is 102 cm³/mol. The fourth-order valence-corrected chi connectivity index (χ4v) is 3.36. The zero-order valence-electron chi connectivity index (χ0n) is 15.6. The topological polar surface area (TPSA) is 34.2 Å². The number of halogens is 4. The molecule has 0 saturated heterocycles. The van der Waals surface area contributed by atoms with E-state index in [0.717, 1.165) is 5.56 Å². The average molecular weight is 402 g/mol. The first kappa shape index (κ1) is 19.2. The predicted octanol–water partition coefficient (Wildman–Crippen LogP) is 5.82. The van der Waals surface area contributed by atoms with E-state index in [-0.39, 0.29) is 36.4 Å². The number of hydrogen-bond donors (Lipinski definition) is 1. The molecular formula is C22H18F4N2O. The van der Waals surface area contributed by atoms with Crippen LogP contribution < -0.4 is 10.1 Å². The van der Waals surface area contributed by atoms with E-state index in [1.807, 2.05) is 6.92 Å². The van der Waals surface area contributed by atoms with E-state index in [2.05, 4.69) is 10.3 Å². The number of pyridine rings is 1. The van der Waals surface area contributed by atoms with Crippen molar-refractivity contribution in [2.75, 3.05) is 11.9 Å². The second-order valence-electron chi connectivity index (χ2n) is 6.95. The number of rotatable bonds is 4. The highest BCUT2D eigenvalue weighted by Gasteiger charge is 2.38. The maximum absolute atomic E-state index is 14.2. The Hall–Kier alpha value is -3.09. The first-order valence-corrected chi connectivity index (χ1v) is 9.14. The highest BCUT2D eigenvalue weighted by molar-refractivity contribution is 5.70. The molecule has 0 amide bonds. The Kier molecular flexibility index (Phi) is 4.90. The zero-order valence-corrected chi connectivity index (χ0v) is 15.6. The third kappa shape index (κ3) is 3.77. The van der Waals surface area contributed by atoms with E-state index in [0.29, 0.717) is 16.9 Å². The van der Waals surface area contributed by atoms with Crippen molar-refractivity contribution in [1.82, 2.24) is 4.98 Å². The molecule has 7 heteroatoms. The summed E-state index contributed by atoms with van der Waals surface area (Å²) in [5.41, 5.74) is 1.88. The lowest BCUT2D eigenvalue weighted by atomic mass is 9.93. The summed E-state index contributed by atoms with van der Waals surface area (Å²) >= 11 is 0. The molecule has 0 aliphatic carbocycles. The van der Waals surface area contributed by atoms with Crippen LogP contribution >= 0.6 is 0 Å². The number of nitrogens with one attached hydrogen (secondary N) is 1. The standard InChI is InChI=1S/C22H18F4N2O/c1-13-9-20-17(22(25,26)7-8-29-20)10-15(13)14-5-6-21(27-11-14)28-12-16-18(23)3-2-4-19(16)24/h2-6,9-11H,7-8,12H2,1H3,(H,27,28). The van der Waals surface area contributed by atoms with Gasteiger partial charge in [0.25, 0.3) is 5.92 Å². The molecule has 3 nitrogen and oxygen atoms in total. The van der Waals surface area contributed by atoms with Crippen LogP contribution in [0.25, 0.3) is 11.1 Å². The van der Waals surface area contributed by atoms with Crippen LogP contribution in [0, 0.1) is 18.6 Å². The van der Waals surface area contributed by atoms with Gasteiger partial charge in [-0.1, -0.05) is 6.07 Å². The molecule has 1 aromatic heterocycles. The Morgan fingerprint density at radius 1 is 1.10 bits per heavy atom. The molecular weight excluding hydrogens is 384 g/mol. The maximum Gasteiger partial charge on any atom is 0.280 e. The molecule has 1 aliphatic rings. The van der Waals surface area contributed by atoms with Crippen LogP contribution in [0.1, 0.15) is 23.1 Å². The molecule has 0 unspecified atom stereocenters. The number of aryl methyl sites for hydroxylation is 1. The fraction of sp³-hybridized carbons (Fsp3) is 0.227. The van der Waals surface area contributed by atoms with Crippen molar-refractivity contribution in [3.8, 4) is 16.9 Å². The molecule has 0 saturated carbocycles. The lowest BCUT2D eigenvalue weighted by Crippen LogP contribution is -2.24. The molecule has 0 fully saturated rings. The van der Waals surface area contributed by atoms with Gasteiger partial charge >= 0.3 is 0 Å². The highest BCUT2D eigenvalue weighted by Crippen LogP contribution is 2.44. The lowest BCUT2D eigenvalue weighted by molar-refractivity contribution is -0.0404. The molecule has 1 aliphatic heterocycles. The molecule has 0 radical (unpaired) electrons. The fourth-order valence-electron chi connectivity index (χ4n) is 3.36. The number of benzene rings is 2. The second kappa shape index (κ2) is 7.39. The maximum atomic E-state index is 14.2. The smallest absolute Gasteiger partial charge is 0.280 e. The quantitative estimate of drug-likeness (QED) is 0.558. The van der Waals surface area contributed by atoms with Crippen LogP contribution in [-0.4, -0.2) is 11.6 Å². The van der Waals surface area contributed by atoms with Gasteiger partial charge in [0.05, 0.1) is 18.6 Å². The second-order valence-corrected chi connectivity index (χ2v) is 6.95. The van der Waals surface area contributed by atoms with E-state index in [4.69, 9.17) is 4.74 Å². The number of nitrogens with zero attached hydrogens (tertiary/aromatic N) is 1. The minimum atomic E-state index is -2.94. The van der Waals surface area contributed by atoms with Gasteiger partial charge in [-0.3, -0.25) is 0 Å². The number of fused-ring (bicyclic) bond motifs is 1. The Morgan fingerprint density at radius 3 is 2.55 bits per heavy atom. The molecule has 2 aromatic carbocycles. The van der Waals surface area contributed by atoms with E-state index in [1.54, 1.807) is 18.2 Å².